The molecule has 1 heterocycles. The number of rotatable bonds is 1. The topological polar surface area (TPSA) is 54.1 Å². The van der Waals surface area contributed by atoms with Crippen LogP contribution in [0.15, 0.2) is 15.4 Å². The first-order valence-corrected chi connectivity index (χ1v) is 2.46. The van der Waals surface area contributed by atoms with Gasteiger partial charge >= 0.3 is 5.91 Å². The second-order valence-corrected chi connectivity index (χ2v) is 1.44. The summed E-state index contributed by atoms with van der Waals surface area (Å²) < 4.78 is 0. The molecule has 0 N–H and O–H groups in total. The van der Waals surface area contributed by atoms with Crippen molar-refractivity contribution in [2.75, 3.05) is 5.88 Å². The lowest BCUT2D eigenvalue weighted by molar-refractivity contribution is -0.111. The highest BCUT2D eigenvalue weighted by Crippen LogP contribution is 1.97. The van der Waals surface area contributed by atoms with Crippen LogP contribution in [0.5, 0.6) is 0 Å². The van der Waals surface area contributed by atoms with Crippen LogP contribution in [0.4, 0.5) is 0 Å². The average molecular weight is 132 g/mol. The van der Waals surface area contributed by atoms with E-state index >= 15 is 0 Å². The molecule has 0 saturated carbocycles. The highest BCUT2D eigenvalue weighted by molar-refractivity contribution is 6.49. The van der Waals surface area contributed by atoms with Gasteiger partial charge in [0.1, 0.15) is 5.71 Å². The van der Waals surface area contributed by atoms with Crippen molar-refractivity contribution in [3.8, 4) is 0 Å². The predicted molar refractivity (Wildman–Crippen MR) is 28.0 cm³/mol. The van der Waals surface area contributed by atoms with Crippen LogP contribution < -0.4 is 0 Å². The second-order valence-electron chi connectivity index (χ2n) is 1.17. The molecule has 1 amide bonds. The minimum absolute atomic E-state index is 0.0891. The van der Waals surface area contributed by atoms with E-state index in [0.29, 0.717) is 0 Å². The van der Waals surface area contributed by atoms with Gasteiger partial charge in [-0.25, -0.2) is 0 Å². The quantitative estimate of drug-likeness (QED) is 0.480. The Balaban J connectivity index is 2.73. The first-order chi connectivity index (χ1) is 3.84. The zero-order valence-electron chi connectivity index (χ0n) is 3.83. The minimum Gasteiger partial charge on any atom is -0.263 e. The molecular weight excluding hydrogens is 130 g/mol. The SMILES string of the molecule is O=C1N=NN=C1CCl. The van der Waals surface area contributed by atoms with E-state index in [4.69, 9.17) is 11.6 Å². The Hall–Kier alpha value is -0.770. The molecule has 0 atom stereocenters. The molecule has 5 heteroatoms. The first kappa shape index (κ1) is 5.37. The van der Waals surface area contributed by atoms with Crippen LogP contribution in [0.2, 0.25) is 0 Å². The average Bonchev–Trinajstić information content (AvgIpc) is 2.14. The van der Waals surface area contributed by atoms with Crippen molar-refractivity contribution in [1.29, 1.82) is 0 Å². The molecule has 0 unspecified atom stereocenters. The van der Waals surface area contributed by atoms with E-state index in [-0.39, 0.29) is 11.6 Å². The lowest BCUT2D eigenvalue weighted by atomic mass is 10.4. The molecule has 0 spiro atoms. The molecule has 0 radical (unpaired) electrons. The van der Waals surface area contributed by atoms with Crippen molar-refractivity contribution < 1.29 is 4.79 Å². The number of nitrogens with zero attached hydrogens (tertiary/aromatic N) is 3. The van der Waals surface area contributed by atoms with Crippen LogP contribution in [0.3, 0.4) is 0 Å². The number of carbonyl (C=O) groups is 1. The molecular formula is C3H2ClN3O. The summed E-state index contributed by atoms with van der Waals surface area (Å²) in [6, 6.07) is 0. The number of hydrogen-bond acceptors (Lipinski definition) is 3. The third-order valence-electron chi connectivity index (χ3n) is 0.674. The van der Waals surface area contributed by atoms with Gasteiger partial charge in [-0.05, 0) is 5.22 Å². The fraction of sp³-hybridized carbons (Fsp3) is 0.333. The monoisotopic (exact) mass is 131 g/mol. The predicted octanol–water partition coefficient (Wildman–Crippen LogP) is 0.574. The molecule has 0 bridgehead atoms. The van der Waals surface area contributed by atoms with E-state index in [1.54, 1.807) is 0 Å². The molecule has 1 aliphatic heterocycles. The summed E-state index contributed by atoms with van der Waals surface area (Å²) in [5.41, 5.74) is 0.215. The van der Waals surface area contributed by atoms with Crippen LogP contribution >= 0.6 is 11.6 Å². The van der Waals surface area contributed by atoms with E-state index in [2.05, 4.69) is 15.4 Å². The van der Waals surface area contributed by atoms with Crippen LogP contribution in [-0.2, 0) is 4.79 Å². The summed E-state index contributed by atoms with van der Waals surface area (Å²) in [5, 5.41) is 9.51. The molecule has 0 saturated heterocycles. The molecule has 8 heavy (non-hydrogen) atoms. The van der Waals surface area contributed by atoms with Crippen LogP contribution in [0.1, 0.15) is 0 Å². The number of carbonyl (C=O) groups excluding carboxylic acids is 1. The van der Waals surface area contributed by atoms with Crippen molar-refractivity contribution >= 4 is 23.2 Å². The second kappa shape index (κ2) is 2.00. The lowest BCUT2D eigenvalue weighted by Crippen LogP contribution is -2.07. The van der Waals surface area contributed by atoms with E-state index in [1.807, 2.05) is 0 Å². The van der Waals surface area contributed by atoms with Gasteiger partial charge in [0.25, 0.3) is 0 Å². The summed E-state index contributed by atoms with van der Waals surface area (Å²) in [7, 11) is 0. The Morgan fingerprint density at radius 2 is 2.38 bits per heavy atom. The lowest BCUT2D eigenvalue weighted by Gasteiger charge is -1.79. The molecule has 42 valence electrons. The third-order valence-corrected chi connectivity index (χ3v) is 0.928. The minimum atomic E-state index is -0.431. The van der Waals surface area contributed by atoms with E-state index in [9.17, 15) is 4.79 Å². The standard InChI is InChI=1S/C3H2ClN3O/c4-1-2-3(8)6-7-5-2/h1H2. The molecule has 0 aliphatic carbocycles. The van der Waals surface area contributed by atoms with Crippen molar-refractivity contribution in [2.24, 2.45) is 15.4 Å². The maximum absolute atomic E-state index is 10.3. The summed E-state index contributed by atoms with van der Waals surface area (Å²) in [4.78, 5) is 10.3. The van der Waals surface area contributed by atoms with Crippen molar-refractivity contribution in [3.05, 3.63) is 0 Å². The van der Waals surface area contributed by atoms with Gasteiger partial charge in [0.15, 0.2) is 0 Å². The van der Waals surface area contributed by atoms with Gasteiger partial charge in [-0.15, -0.1) is 16.7 Å². The highest BCUT2D eigenvalue weighted by atomic mass is 35.5. The fourth-order valence-corrected chi connectivity index (χ4v) is 0.469. The van der Waals surface area contributed by atoms with Crippen LogP contribution in [0.25, 0.3) is 0 Å². The zero-order chi connectivity index (χ0) is 5.98. The Kier molecular flexibility index (Phi) is 1.34. The van der Waals surface area contributed by atoms with Gasteiger partial charge in [-0.2, -0.15) is 0 Å². The van der Waals surface area contributed by atoms with E-state index in [0.717, 1.165) is 0 Å². The molecule has 1 rings (SSSR count). The maximum Gasteiger partial charge on any atom is 0.314 e. The van der Waals surface area contributed by atoms with Crippen molar-refractivity contribution in [1.82, 2.24) is 0 Å². The smallest absolute Gasteiger partial charge is 0.263 e. The summed E-state index contributed by atoms with van der Waals surface area (Å²) in [5.74, 6) is -0.341. The van der Waals surface area contributed by atoms with Crippen LogP contribution in [-0.4, -0.2) is 17.5 Å². The molecule has 0 fully saturated rings. The molecule has 4 nitrogen and oxygen atoms in total. The summed E-state index contributed by atoms with van der Waals surface area (Å²) >= 11 is 5.23. The highest BCUT2D eigenvalue weighted by Gasteiger charge is 2.12. The van der Waals surface area contributed by atoms with Gasteiger partial charge in [0, 0.05) is 0 Å². The van der Waals surface area contributed by atoms with E-state index < -0.39 is 5.91 Å². The number of alkyl halides is 1. The Morgan fingerprint density at radius 1 is 1.62 bits per heavy atom. The first-order valence-electron chi connectivity index (χ1n) is 1.92. The van der Waals surface area contributed by atoms with Gasteiger partial charge in [-0.3, -0.25) is 4.79 Å². The maximum atomic E-state index is 10.3. The zero-order valence-corrected chi connectivity index (χ0v) is 4.59. The van der Waals surface area contributed by atoms with Gasteiger partial charge in [0.2, 0.25) is 0 Å². The fourth-order valence-electron chi connectivity index (χ4n) is 0.301. The molecule has 1 aliphatic rings. The largest absolute Gasteiger partial charge is 0.314 e. The normalized spacial score (nSPS) is 17.1. The third kappa shape index (κ3) is 0.742. The van der Waals surface area contributed by atoms with Gasteiger partial charge < -0.3 is 0 Å². The van der Waals surface area contributed by atoms with Gasteiger partial charge in [-0.1, -0.05) is 5.11 Å². The summed E-state index contributed by atoms with van der Waals surface area (Å²) in [6.45, 7) is 0. The van der Waals surface area contributed by atoms with E-state index in [1.165, 1.54) is 0 Å². The Morgan fingerprint density at radius 3 is 2.62 bits per heavy atom. The number of hydrogen-bond donors (Lipinski definition) is 0. The number of halogens is 1. The molecule has 0 aromatic rings. The number of amides is 1. The van der Waals surface area contributed by atoms with Gasteiger partial charge in [0.05, 0.1) is 5.88 Å². The molecule has 0 aromatic heterocycles. The summed E-state index contributed by atoms with van der Waals surface area (Å²) in [6.07, 6.45) is 0. The Labute approximate surface area is 50.2 Å². The molecule has 0 aromatic carbocycles. The van der Waals surface area contributed by atoms with Crippen molar-refractivity contribution in [3.63, 3.8) is 0 Å². The van der Waals surface area contributed by atoms with Crippen molar-refractivity contribution in [2.45, 2.75) is 0 Å². The Bertz CT molecular complexity index is 173. The van der Waals surface area contributed by atoms with Crippen LogP contribution in [0, 0.1) is 0 Å².